The van der Waals surface area contributed by atoms with Gasteiger partial charge in [0, 0.05) is 6.54 Å². The number of pyridine rings is 1. The molecule has 0 atom stereocenters. The summed E-state index contributed by atoms with van der Waals surface area (Å²) in [5.41, 5.74) is -1.03. The molecule has 1 heterocycles. The van der Waals surface area contributed by atoms with Crippen molar-refractivity contribution in [2.45, 2.75) is 6.42 Å². The van der Waals surface area contributed by atoms with Crippen LogP contribution in [0.15, 0.2) is 0 Å². The van der Waals surface area contributed by atoms with Gasteiger partial charge in [-0.05, 0) is 6.42 Å². The molecule has 10 heteroatoms. The van der Waals surface area contributed by atoms with E-state index >= 15 is 0 Å². The Morgan fingerprint density at radius 2 is 1.61 bits per heavy atom. The van der Waals surface area contributed by atoms with E-state index in [0.717, 1.165) is 0 Å². The minimum Gasteiger partial charge on any atom is -0.380 e. The van der Waals surface area contributed by atoms with E-state index in [9.17, 15) is 26.0 Å². The third-order valence-electron chi connectivity index (χ3n) is 1.90. The van der Waals surface area contributed by atoms with Gasteiger partial charge in [-0.25, -0.2) is 13.6 Å². The van der Waals surface area contributed by atoms with Crippen molar-refractivity contribution in [3.63, 3.8) is 0 Å². The second-order valence-electron chi connectivity index (χ2n) is 3.34. The predicted octanol–water partition coefficient (Wildman–Crippen LogP) is 0.728. The second kappa shape index (κ2) is 5.48. The number of nitrogens with two attached hydrogens (primary N) is 1. The standard InChI is InChI=1S/C8H9F4N3O2S/c9-4-6(5(10)8(12)15-7(4)11)14-2-1-3-18(13,16)17/h1-3H2,(H,14,15)(H2,13,16,17). The average molecular weight is 287 g/mol. The van der Waals surface area contributed by atoms with Crippen molar-refractivity contribution >= 4 is 15.7 Å². The Morgan fingerprint density at radius 3 is 2.06 bits per heavy atom. The van der Waals surface area contributed by atoms with Crippen molar-refractivity contribution in [3.8, 4) is 0 Å². The van der Waals surface area contributed by atoms with Gasteiger partial charge < -0.3 is 5.32 Å². The molecule has 0 aromatic carbocycles. The number of rotatable bonds is 5. The maximum absolute atomic E-state index is 13.1. The van der Waals surface area contributed by atoms with Gasteiger partial charge in [0.2, 0.25) is 21.7 Å². The van der Waals surface area contributed by atoms with Gasteiger partial charge in [0.15, 0.2) is 0 Å². The van der Waals surface area contributed by atoms with E-state index in [2.05, 4.69) is 10.1 Å². The Kier molecular flexibility index (Phi) is 4.46. The first-order chi connectivity index (χ1) is 8.22. The van der Waals surface area contributed by atoms with E-state index in [-0.39, 0.29) is 13.0 Å². The van der Waals surface area contributed by atoms with Crippen LogP contribution in [0.1, 0.15) is 6.42 Å². The number of hydrogen-bond acceptors (Lipinski definition) is 4. The van der Waals surface area contributed by atoms with Crippen LogP contribution in [0.2, 0.25) is 0 Å². The Labute approximate surface area is 100 Å². The second-order valence-corrected chi connectivity index (χ2v) is 5.08. The quantitative estimate of drug-likeness (QED) is 0.475. The minimum absolute atomic E-state index is 0.0801. The first-order valence-corrected chi connectivity index (χ1v) is 6.38. The summed E-state index contributed by atoms with van der Waals surface area (Å²) in [5.74, 6) is -7.36. The highest BCUT2D eigenvalue weighted by Gasteiger charge is 2.20. The summed E-state index contributed by atoms with van der Waals surface area (Å²) >= 11 is 0. The highest BCUT2D eigenvalue weighted by molar-refractivity contribution is 7.89. The van der Waals surface area contributed by atoms with E-state index in [1.54, 1.807) is 0 Å². The Bertz CT molecular complexity index is 524. The first-order valence-electron chi connectivity index (χ1n) is 4.66. The molecule has 0 aliphatic heterocycles. The average Bonchev–Trinajstić information content (AvgIpc) is 2.24. The molecule has 0 saturated heterocycles. The van der Waals surface area contributed by atoms with Crippen LogP contribution >= 0.6 is 0 Å². The number of primary sulfonamides is 1. The monoisotopic (exact) mass is 287 g/mol. The van der Waals surface area contributed by atoms with Crippen molar-refractivity contribution in [1.29, 1.82) is 0 Å². The molecule has 0 fully saturated rings. The third-order valence-corrected chi connectivity index (χ3v) is 2.76. The molecule has 3 N–H and O–H groups in total. The molecule has 0 amide bonds. The molecule has 0 aliphatic rings. The highest BCUT2D eigenvalue weighted by Crippen LogP contribution is 2.21. The summed E-state index contributed by atoms with van der Waals surface area (Å²) in [5, 5.41) is 6.73. The molecule has 102 valence electrons. The topological polar surface area (TPSA) is 85.1 Å². The lowest BCUT2D eigenvalue weighted by molar-refractivity contribution is 0.410. The third kappa shape index (κ3) is 3.81. The minimum atomic E-state index is -3.70. The first kappa shape index (κ1) is 14.6. The number of aromatic nitrogens is 1. The summed E-state index contributed by atoms with van der Waals surface area (Å²) in [6.45, 7) is -0.229. The fourth-order valence-corrected chi connectivity index (χ4v) is 1.68. The van der Waals surface area contributed by atoms with Crippen molar-refractivity contribution in [2.24, 2.45) is 5.14 Å². The van der Waals surface area contributed by atoms with Crippen molar-refractivity contribution < 1.29 is 26.0 Å². The largest absolute Gasteiger partial charge is 0.380 e. The van der Waals surface area contributed by atoms with Crippen molar-refractivity contribution in [2.75, 3.05) is 17.6 Å². The van der Waals surface area contributed by atoms with Crippen LogP contribution in [0, 0.1) is 23.5 Å². The number of halogens is 4. The SMILES string of the molecule is NS(=O)(=O)CCCNc1c(F)c(F)nc(F)c1F. The van der Waals surface area contributed by atoms with Crippen LogP contribution in [-0.4, -0.2) is 25.7 Å². The summed E-state index contributed by atoms with van der Waals surface area (Å²) < 4.78 is 72.6. The molecule has 0 radical (unpaired) electrons. The molecule has 0 spiro atoms. The van der Waals surface area contributed by atoms with E-state index in [1.807, 2.05) is 5.32 Å². The van der Waals surface area contributed by atoms with Crippen molar-refractivity contribution in [3.05, 3.63) is 23.5 Å². The fraction of sp³-hybridized carbons (Fsp3) is 0.375. The number of hydrogen-bond donors (Lipinski definition) is 2. The Morgan fingerprint density at radius 1 is 1.11 bits per heavy atom. The molecular formula is C8H9F4N3O2S. The lowest BCUT2D eigenvalue weighted by Crippen LogP contribution is -2.19. The summed E-state index contributed by atoms with van der Waals surface area (Å²) in [4.78, 5) is 2.36. The normalized spacial score (nSPS) is 11.6. The zero-order valence-corrected chi connectivity index (χ0v) is 9.70. The van der Waals surface area contributed by atoms with Crippen molar-refractivity contribution in [1.82, 2.24) is 4.98 Å². The number of anilines is 1. The molecule has 1 aromatic heterocycles. The maximum Gasteiger partial charge on any atom is 0.253 e. The molecule has 0 bridgehead atoms. The van der Waals surface area contributed by atoms with Gasteiger partial charge in [-0.3, -0.25) is 0 Å². The van der Waals surface area contributed by atoms with E-state index in [4.69, 9.17) is 0 Å². The van der Waals surface area contributed by atoms with E-state index in [1.165, 1.54) is 0 Å². The molecule has 0 aliphatic carbocycles. The molecule has 18 heavy (non-hydrogen) atoms. The van der Waals surface area contributed by atoms with Gasteiger partial charge in [0.05, 0.1) is 5.75 Å². The molecule has 0 unspecified atom stereocenters. The maximum atomic E-state index is 13.1. The molecular weight excluding hydrogens is 278 g/mol. The molecule has 5 nitrogen and oxygen atoms in total. The van der Waals surface area contributed by atoms with Crippen LogP contribution in [-0.2, 0) is 10.0 Å². The van der Waals surface area contributed by atoms with Crippen LogP contribution in [0.5, 0.6) is 0 Å². The Hall–Kier alpha value is -1.42. The lowest BCUT2D eigenvalue weighted by atomic mass is 10.3. The van der Waals surface area contributed by atoms with Gasteiger partial charge >= 0.3 is 0 Å². The molecule has 0 saturated carbocycles. The summed E-state index contributed by atoms with van der Waals surface area (Å²) in [6.07, 6.45) is -0.0801. The van der Waals surface area contributed by atoms with Gasteiger partial charge in [0.25, 0.3) is 11.9 Å². The van der Waals surface area contributed by atoms with Crippen LogP contribution in [0.3, 0.4) is 0 Å². The molecule has 1 aromatic rings. The highest BCUT2D eigenvalue weighted by atomic mass is 32.2. The fourth-order valence-electron chi connectivity index (χ4n) is 1.13. The zero-order valence-electron chi connectivity index (χ0n) is 8.88. The summed E-state index contributed by atoms with van der Waals surface area (Å²) in [7, 11) is -3.70. The number of sulfonamides is 1. The van der Waals surface area contributed by atoms with Crippen LogP contribution < -0.4 is 10.5 Å². The van der Waals surface area contributed by atoms with Gasteiger partial charge in [-0.2, -0.15) is 22.5 Å². The van der Waals surface area contributed by atoms with Crippen LogP contribution in [0.25, 0.3) is 0 Å². The van der Waals surface area contributed by atoms with Gasteiger partial charge in [0.1, 0.15) is 5.69 Å². The smallest absolute Gasteiger partial charge is 0.253 e. The molecule has 1 rings (SSSR count). The Balaban J connectivity index is 2.74. The van der Waals surface area contributed by atoms with E-state index in [0.29, 0.717) is 0 Å². The zero-order chi connectivity index (χ0) is 13.9. The van der Waals surface area contributed by atoms with Gasteiger partial charge in [-0.1, -0.05) is 0 Å². The lowest BCUT2D eigenvalue weighted by Gasteiger charge is -2.08. The van der Waals surface area contributed by atoms with Crippen LogP contribution in [0.4, 0.5) is 23.2 Å². The number of nitrogens with one attached hydrogen (secondary N) is 1. The van der Waals surface area contributed by atoms with E-state index < -0.39 is 45.0 Å². The number of nitrogens with zero attached hydrogens (tertiary/aromatic N) is 1. The summed E-state index contributed by atoms with van der Waals surface area (Å²) in [6, 6.07) is 0. The predicted molar refractivity (Wildman–Crippen MR) is 55.1 cm³/mol. The van der Waals surface area contributed by atoms with Gasteiger partial charge in [-0.15, -0.1) is 0 Å².